The number of hydrogen-bond acceptors (Lipinski definition) is 3. The second kappa shape index (κ2) is 13.6. The van der Waals surface area contributed by atoms with E-state index in [-0.39, 0.29) is 0 Å². The summed E-state index contributed by atoms with van der Waals surface area (Å²) in [5.74, 6) is 0. The van der Waals surface area contributed by atoms with Gasteiger partial charge in [-0.05, 0) is 104 Å². The van der Waals surface area contributed by atoms with Crippen molar-refractivity contribution in [2.75, 3.05) is 4.90 Å². The van der Waals surface area contributed by atoms with Crippen LogP contribution in [0.2, 0.25) is 0 Å². The molecule has 0 atom stereocenters. The Morgan fingerprint density at radius 2 is 1.00 bits per heavy atom. The minimum Gasteiger partial charge on any atom is -0.455 e. The summed E-state index contributed by atoms with van der Waals surface area (Å²) in [6.45, 7) is 0. The van der Waals surface area contributed by atoms with Crippen molar-refractivity contribution in [3.05, 3.63) is 212 Å². The Balaban J connectivity index is 1.21. The predicted octanol–water partition coefficient (Wildman–Crippen LogP) is 16.7. The number of fused-ring (bicyclic) bond motifs is 9. The summed E-state index contributed by atoms with van der Waals surface area (Å²) in [6.07, 6.45) is 0. The third kappa shape index (κ3) is 5.55. The summed E-state index contributed by atoms with van der Waals surface area (Å²) in [7, 11) is 0. The van der Waals surface area contributed by atoms with Crippen LogP contribution >= 0.6 is 11.3 Å². The molecule has 2 nitrogen and oxygen atoms in total. The van der Waals surface area contributed by atoms with Crippen LogP contribution in [0.25, 0.3) is 97.0 Å². The summed E-state index contributed by atoms with van der Waals surface area (Å²) in [4.78, 5) is 2.50. The lowest BCUT2D eigenvalue weighted by Crippen LogP contribution is -2.11. The average molecular weight is 770 g/mol. The van der Waals surface area contributed by atoms with Crippen LogP contribution < -0.4 is 4.90 Å². The molecule has 3 heteroatoms. The highest BCUT2D eigenvalue weighted by Crippen LogP contribution is 2.51. The fourth-order valence-corrected chi connectivity index (χ4v) is 10.2. The van der Waals surface area contributed by atoms with Crippen LogP contribution in [0.4, 0.5) is 17.1 Å². The van der Waals surface area contributed by atoms with Gasteiger partial charge in [-0.1, -0.05) is 158 Å². The molecule has 0 aliphatic carbocycles. The van der Waals surface area contributed by atoms with E-state index in [1.807, 2.05) is 11.3 Å². The van der Waals surface area contributed by atoms with Crippen molar-refractivity contribution in [2.24, 2.45) is 0 Å². The van der Waals surface area contributed by atoms with E-state index in [4.69, 9.17) is 4.42 Å². The molecule has 0 aliphatic rings. The monoisotopic (exact) mass is 769 g/mol. The van der Waals surface area contributed by atoms with Gasteiger partial charge in [0.2, 0.25) is 0 Å². The Bertz CT molecular complexity index is 3550. The number of anilines is 3. The fourth-order valence-electron chi connectivity index (χ4n) is 9.06. The smallest absolute Gasteiger partial charge is 0.145 e. The van der Waals surface area contributed by atoms with Crippen molar-refractivity contribution < 1.29 is 4.42 Å². The number of benzene rings is 10. The van der Waals surface area contributed by atoms with Crippen LogP contribution in [0.5, 0.6) is 0 Å². The van der Waals surface area contributed by atoms with Gasteiger partial charge in [0.05, 0.1) is 16.8 Å². The van der Waals surface area contributed by atoms with E-state index in [2.05, 4.69) is 217 Å². The first kappa shape index (κ1) is 33.7. The molecule has 276 valence electrons. The Hall–Kier alpha value is -7.46. The molecule has 12 aromatic rings. The van der Waals surface area contributed by atoms with Crippen LogP contribution in [0.3, 0.4) is 0 Å². The lowest BCUT2D eigenvalue weighted by atomic mass is 9.96. The second-order valence-electron chi connectivity index (χ2n) is 15.2. The molecule has 0 N–H and O–H groups in total. The maximum atomic E-state index is 7.09. The third-order valence-corrected chi connectivity index (χ3v) is 12.9. The number of furan rings is 1. The van der Waals surface area contributed by atoms with Crippen molar-refractivity contribution in [1.82, 2.24) is 0 Å². The van der Waals surface area contributed by atoms with Gasteiger partial charge in [0.25, 0.3) is 0 Å². The van der Waals surface area contributed by atoms with Gasteiger partial charge in [-0.2, -0.15) is 0 Å². The van der Waals surface area contributed by atoms with E-state index < -0.39 is 0 Å². The largest absolute Gasteiger partial charge is 0.455 e. The standard InChI is InChI=1S/C56H35NOS/c1-4-14-36(15-5-1)40-26-28-47-51(34-40)58-56-46(38-18-8-3-9-19-38)30-31-49(55(47)56)57(43-27-29-45-41(32-43)25-24-39-20-10-11-21-44(39)45)50-33-42(37-16-6-2-7-17-37)35-53-54(50)48-22-12-13-23-52(48)59-53/h1-35H. The Morgan fingerprint density at radius 1 is 0.356 bits per heavy atom. The lowest BCUT2D eigenvalue weighted by Gasteiger charge is -2.28. The summed E-state index contributed by atoms with van der Waals surface area (Å²) < 4.78 is 9.61. The minimum absolute atomic E-state index is 0.861. The number of hydrogen-bond donors (Lipinski definition) is 0. The van der Waals surface area contributed by atoms with Gasteiger partial charge in [0, 0.05) is 36.8 Å². The highest BCUT2D eigenvalue weighted by atomic mass is 32.1. The van der Waals surface area contributed by atoms with Crippen molar-refractivity contribution in [1.29, 1.82) is 0 Å². The van der Waals surface area contributed by atoms with E-state index in [1.54, 1.807) is 0 Å². The van der Waals surface area contributed by atoms with Gasteiger partial charge in [-0.25, -0.2) is 0 Å². The molecule has 12 rings (SSSR count). The summed E-state index contributed by atoms with van der Waals surface area (Å²) in [6, 6.07) is 76.9. The van der Waals surface area contributed by atoms with E-state index in [0.29, 0.717) is 0 Å². The van der Waals surface area contributed by atoms with Crippen molar-refractivity contribution in [3.8, 4) is 33.4 Å². The van der Waals surface area contributed by atoms with E-state index in [9.17, 15) is 0 Å². The topological polar surface area (TPSA) is 16.4 Å². The Morgan fingerprint density at radius 3 is 1.80 bits per heavy atom. The number of nitrogens with zero attached hydrogens (tertiary/aromatic N) is 1. The molecular formula is C56H35NOS. The van der Waals surface area contributed by atoms with Gasteiger partial charge < -0.3 is 9.32 Å². The fraction of sp³-hybridized carbons (Fsp3) is 0. The van der Waals surface area contributed by atoms with Crippen LogP contribution in [-0.2, 0) is 0 Å². The van der Waals surface area contributed by atoms with Crippen molar-refractivity contribution >= 4 is 92.1 Å². The normalized spacial score (nSPS) is 11.7. The predicted molar refractivity (Wildman–Crippen MR) is 253 cm³/mol. The molecule has 2 heterocycles. The lowest BCUT2D eigenvalue weighted by molar-refractivity contribution is 0.670. The Kier molecular flexibility index (Phi) is 7.75. The first-order valence-corrected chi connectivity index (χ1v) is 20.9. The highest BCUT2D eigenvalue weighted by Gasteiger charge is 2.26. The third-order valence-electron chi connectivity index (χ3n) is 11.8. The molecule has 0 fully saturated rings. The molecule has 0 bridgehead atoms. The van der Waals surface area contributed by atoms with Gasteiger partial charge >= 0.3 is 0 Å². The van der Waals surface area contributed by atoms with Crippen molar-refractivity contribution in [2.45, 2.75) is 0 Å². The van der Waals surface area contributed by atoms with Gasteiger partial charge in [-0.3, -0.25) is 0 Å². The van der Waals surface area contributed by atoms with Crippen molar-refractivity contribution in [3.63, 3.8) is 0 Å². The molecule has 0 unspecified atom stereocenters. The maximum absolute atomic E-state index is 7.09. The van der Waals surface area contributed by atoms with Crippen LogP contribution in [0.15, 0.2) is 217 Å². The molecule has 0 saturated carbocycles. The maximum Gasteiger partial charge on any atom is 0.145 e. The zero-order valence-corrected chi connectivity index (χ0v) is 32.8. The number of thiophene rings is 1. The zero-order chi connectivity index (χ0) is 38.9. The summed E-state index contributed by atoms with van der Waals surface area (Å²) in [5.41, 5.74) is 11.8. The van der Waals surface area contributed by atoms with Gasteiger partial charge in [0.1, 0.15) is 11.2 Å². The molecule has 0 saturated heterocycles. The Labute approximate surface area is 345 Å². The molecule has 0 spiro atoms. The SMILES string of the molecule is c1ccc(-c2ccc3c(c2)oc2c(-c4ccccc4)ccc(N(c4ccc5c(ccc6ccccc65)c4)c4cc(-c5ccccc5)cc5sc6ccccc6c45)c23)cc1. The summed E-state index contributed by atoms with van der Waals surface area (Å²) >= 11 is 1.86. The first-order chi connectivity index (χ1) is 29.2. The molecule has 2 aromatic heterocycles. The van der Waals surface area contributed by atoms with Crippen LogP contribution in [0, 0.1) is 0 Å². The quantitative estimate of drug-likeness (QED) is 0.157. The van der Waals surface area contributed by atoms with E-state index in [0.717, 1.165) is 61.3 Å². The first-order valence-electron chi connectivity index (χ1n) is 20.1. The summed E-state index contributed by atoms with van der Waals surface area (Å²) in [5, 5.41) is 9.58. The van der Waals surface area contributed by atoms with Crippen LogP contribution in [0.1, 0.15) is 0 Å². The van der Waals surface area contributed by atoms with E-state index in [1.165, 1.54) is 52.8 Å². The van der Waals surface area contributed by atoms with Gasteiger partial charge in [0.15, 0.2) is 0 Å². The molecular weight excluding hydrogens is 735 g/mol. The van der Waals surface area contributed by atoms with Crippen LogP contribution in [-0.4, -0.2) is 0 Å². The highest BCUT2D eigenvalue weighted by molar-refractivity contribution is 7.26. The zero-order valence-electron chi connectivity index (χ0n) is 32.0. The molecule has 0 radical (unpaired) electrons. The molecule has 10 aromatic carbocycles. The molecule has 59 heavy (non-hydrogen) atoms. The number of rotatable bonds is 6. The molecule has 0 amide bonds. The molecule has 0 aliphatic heterocycles. The van der Waals surface area contributed by atoms with Gasteiger partial charge in [-0.15, -0.1) is 11.3 Å². The minimum atomic E-state index is 0.861. The average Bonchev–Trinajstić information content (AvgIpc) is 3.89. The van der Waals surface area contributed by atoms with E-state index >= 15 is 0 Å². The second-order valence-corrected chi connectivity index (χ2v) is 16.3.